The Labute approximate surface area is 183 Å². The summed E-state index contributed by atoms with van der Waals surface area (Å²) in [5.41, 5.74) is 1.68. The first-order chi connectivity index (χ1) is 14.8. The van der Waals surface area contributed by atoms with Crippen molar-refractivity contribution < 1.29 is 9.53 Å². The van der Waals surface area contributed by atoms with Gasteiger partial charge in [-0.05, 0) is 63.8 Å². The summed E-state index contributed by atoms with van der Waals surface area (Å²) in [6.45, 7) is 5.64. The van der Waals surface area contributed by atoms with Crippen molar-refractivity contribution in [2.75, 3.05) is 17.7 Å². The zero-order valence-corrected chi connectivity index (χ0v) is 18.3. The first-order valence-electron chi connectivity index (χ1n) is 10.3. The summed E-state index contributed by atoms with van der Waals surface area (Å²) in [7, 11) is 1.79. The van der Waals surface area contributed by atoms with Gasteiger partial charge in [-0.1, -0.05) is 11.8 Å². The van der Waals surface area contributed by atoms with Crippen LogP contribution >= 0.6 is 0 Å². The fourth-order valence-corrected chi connectivity index (χ4v) is 3.30. The van der Waals surface area contributed by atoms with Crippen LogP contribution in [-0.2, 0) is 9.53 Å². The molecular formula is C24H27N5O2. The minimum Gasteiger partial charge on any atom is -0.460 e. The Morgan fingerprint density at radius 3 is 2.58 bits per heavy atom. The average Bonchev–Trinajstić information content (AvgIpc) is 2.69. The molecule has 7 heteroatoms. The van der Waals surface area contributed by atoms with E-state index in [4.69, 9.17) is 10.00 Å². The molecule has 2 aromatic rings. The van der Waals surface area contributed by atoms with Crippen LogP contribution in [0, 0.1) is 35.0 Å². The molecule has 0 unspecified atom stereocenters. The van der Waals surface area contributed by atoms with E-state index in [2.05, 4.69) is 38.5 Å². The number of nitriles is 1. The maximum atomic E-state index is 11.9. The average molecular weight is 418 g/mol. The molecule has 1 aliphatic rings. The minimum absolute atomic E-state index is 0.139. The van der Waals surface area contributed by atoms with Crippen LogP contribution in [-0.4, -0.2) is 28.6 Å². The van der Waals surface area contributed by atoms with Gasteiger partial charge in [0.25, 0.3) is 0 Å². The van der Waals surface area contributed by atoms with Crippen molar-refractivity contribution in [1.82, 2.24) is 9.97 Å². The second kappa shape index (κ2) is 9.49. The molecule has 160 valence electrons. The molecule has 0 aliphatic heterocycles. The number of nitrogens with one attached hydrogen (secondary N) is 2. The van der Waals surface area contributed by atoms with Gasteiger partial charge in [0.2, 0.25) is 5.95 Å². The van der Waals surface area contributed by atoms with Gasteiger partial charge in [-0.15, -0.1) is 0 Å². The Balaban J connectivity index is 1.56. The summed E-state index contributed by atoms with van der Waals surface area (Å²) >= 11 is 0. The van der Waals surface area contributed by atoms with E-state index in [-0.39, 0.29) is 11.9 Å². The molecule has 1 saturated carbocycles. The van der Waals surface area contributed by atoms with Crippen LogP contribution in [0.2, 0.25) is 0 Å². The molecule has 7 nitrogen and oxygen atoms in total. The number of anilines is 3. The van der Waals surface area contributed by atoms with Crippen LogP contribution in [0.3, 0.4) is 0 Å². The van der Waals surface area contributed by atoms with Gasteiger partial charge in [-0.3, -0.25) is 4.79 Å². The topological polar surface area (TPSA) is 99.9 Å². The Morgan fingerprint density at radius 1 is 1.26 bits per heavy atom. The maximum Gasteiger partial charge on any atom is 0.306 e. The molecule has 0 saturated heterocycles. The van der Waals surface area contributed by atoms with Gasteiger partial charge >= 0.3 is 5.97 Å². The van der Waals surface area contributed by atoms with E-state index < -0.39 is 5.60 Å². The van der Waals surface area contributed by atoms with Crippen molar-refractivity contribution in [3.63, 3.8) is 0 Å². The van der Waals surface area contributed by atoms with Crippen LogP contribution in [0.25, 0.3) is 0 Å². The third kappa shape index (κ3) is 6.45. The normalized spacial score (nSPS) is 17.4. The van der Waals surface area contributed by atoms with Gasteiger partial charge in [0.15, 0.2) is 0 Å². The summed E-state index contributed by atoms with van der Waals surface area (Å²) in [6.07, 6.45) is 3.95. The number of hydrogen-bond donors (Lipinski definition) is 2. The highest BCUT2D eigenvalue weighted by Crippen LogP contribution is 2.36. The number of ether oxygens (including phenoxy) is 1. The van der Waals surface area contributed by atoms with E-state index in [0.29, 0.717) is 29.7 Å². The van der Waals surface area contributed by atoms with Crippen LogP contribution in [0.5, 0.6) is 0 Å². The molecule has 31 heavy (non-hydrogen) atoms. The number of carbonyl (C=O) groups excluding carboxylic acids is 1. The number of esters is 1. The quantitative estimate of drug-likeness (QED) is 0.554. The van der Waals surface area contributed by atoms with Gasteiger partial charge in [0.1, 0.15) is 11.4 Å². The SMILES string of the molecule is CNc1nc(Nc2ccc(C#N)cc2)ncc1C#CC1CC(CC(=O)OC(C)(C)C)C1. The second-order valence-electron chi connectivity index (χ2n) is 8.61. The van der Waals surface area contributed by atoms with Crippen LogP contribution < -0.4 is 10.6 Å². The molecule has 1 fully saturated rings. The third-order valence-corrected chi connectivity index (χ3v) is 4.82. The number of rotatable bonds is 5. The number of benzene rings is 1. The molecule has 1 aromatic carbocycles. The Bertz CT molecular complexity index is 1030. The first-order valence-corrected chi connectivity index (χ1v) is 10.3. The van der Waals surface area contributed by atoms with Crippen LogP contribution in [0.4, 0.5) is 17.5 Å². The summed E-state index contributed by atoms with van der Waals surface area (Å²) in [5, 5.41) is 15.1. The largest absolute Gasteiger partial charge is 0.460 e. The molecule has 1 aliphatic carbocycles. The molecule has 2 N–H and O–H groups in total. The zero-order valence-electron chi connectivity index (χ0n) is 18.3. The van der Waals surface area contributed by atoms with Crippen molar-refractivity contribution in [3.8, 4) is 17.9 Å². The van der Waals surface area contributed by atoms with E-state index >= 15 is 0 Å². The molecule has 1 aromatic heterocycles. The van der Waals surface area contributed by atoms with Crippen molar-refractivity contribution in [1.29, 1.82) is 5.26 Å². The highest BCUT2D eigenvalue weighted by molar-refractivity contribution is 5.70. The monoisotopic (exact) mass is 417 g/mol. The van der Waals surface area contributed by atoms with E-state index in [1.807, 2.05) is 20.8 Å². The highest BCUT2D eigenvalue weighted by atomic mass is 16.6. The maximum absolute atomic E-state index is 11.9. The summed E-state index contributed by atoms with van der Waals surface area (Å²) in [6, 6.07) is 9.16. The van der Waals surface area contributed by atoms with E-state index in [1.54, 1.807) is 37.5 Å². The summed E-state index contributed by atoms with van der Waals surface area (Å²) in [4.78, 5) is 20.7. The fourth-order valence-electron chi connectivity index (χ4n) is 3.30. The van der Waals surface area contributed by atoms with E-state index in [0.717, 1.165) is 24.1 Å². The number of aromatic nitrogens is 2. The van der Waals surface area contributed by atoms with Crippen molar-refractivity contribution in [2.45, 2.75) is 45.6 Å². The molecule has 0 spiro atoms. The van der Waals surface area contributed by atoms with E-state index in [9.17, 15) is 4.79 Å². The first kappa shape index (κ1) is 22.1. The minimum atomic E-state index is -0.440. The third-order valence-electron chi connectivity index (χ3n) is 4.82. The predicted octanol–water partition coefficient (Wildman–Crippen LogP) is 4.24. The van der Waals surface area contributed by atoms with E-state index in [1.165, 1.54) is 0 Å². The van der Waals surface area contributed by atoms with Gasteiger partial charge in [0.05, 0.1) is 23.4 Å². The van der Waals surface area contributed by atoms with Crippen LogP contribution in [0.15, 0.2) is 30.5 Å². The Kier molecular flexibility index (Phi) is 6.77. The molecule has 0 atom stereocenters. The lowest BCUT2D eigenvalue weighted by Gasteiger charge is -2.32. The fraction of sp³-hybridized carbons (Fsp3) is 0.417. The summed E-state index contributed by atoms with van der Waals surface area (Å²) in [5.74, 6) is 8.00. The number of carbonyl (C=O) groups is 1. The number of nitrogens with zero attached hydrogens (tertiary/aromatic N) is 3. The predicted molar refractivity (Wildman–Crippen MR) is 120 cm³/mol. The molecule has 0 bridgehead atoms. The lowest BCUT2D eigenvalue weighted by Crippen LogP contribution is -2.29. The lowest BCUT2D eigenvalue weighted by atomic mass is 9.73. The Hall–Kier alpha value is -3.58. The smallest absolute Gasteiger partial charge is 0.306 e. The highest BCUT2D eigenvalue weighted by Gasteiger charge is 2.31. The number of hydrogen-bond acceptors (Lipinski definition) is 7. The molecular weight excluding hydrogens is 390 g/mol. The van der Waals surface area contributed by atoms with Crippen molar-refractivity contribution >= 4 is 23.4 Å². The molecule has 3 rings (SSSR count). The standard InChI is InChI=1S/C24H27N5O2/c1-24(2,3)31-21(30)13-18-11-17(12-18)5-8-19-15-27-23(29-22(19)26-4)28-20-9-6-16(14-25)7-10-20/h6-7,9-10,15,17-18H,11-13H2,1-4H3,(H2,26,27,28,29). The van der Waals surface area contributed by atoms with Gasteiger partial charge in [0, 0.05) is 25.1 Å². The van der Waals surface area contributed by atoms with Gasteiger partial charge < -0.3 is 15.4 Å². The second-order valence-corrected chi connectivity index (χ2v) is 8.61. The summed E-state index contributed by atoms with van der Waals surface area (Å²) < 4.78 is 5.38. The Morgan fingerprint density at radius 2 is 1.97 bits per heavy atom. The van der Waals surface area contributed by atoms with Gasteiger partial charge in [-0.25, -0.2) is 4.98 Å². The lowest BCUT2D eigenvalue weighted by molar-refractivity contribution is -0.156. The zero-order chi connectivity index (χ0) is 22.4. The molecule has 0 radical (unpaired) electrons. The van der Waals surface area contributed by atoms with Crippen molar-refractivity contribution in [3.05, 3.63) is 41.6 Å². The molecule has 0 amide bonds. The van der Waals surface area contributed by atoms with Crippen molar-refractivity contribution in [2.24, 2.45) is 11.8 Å². The molecule has 1 heterocycles. The van der Waals surface area contributed by atoms with Crippen LogP contribution in [0.1, 0.15) is 51.2 Å². The van der Waals surface area contributed by atoms with Gasteiger partial charge in [-0.2, -0.15) is 10.2 Å².